The van der Waals surface area contributed by atoms with E-state index < -0.39 is 0 Å². The fourth-order valence-corrected chi connectivity index (χ4v) is 2.23. The second-order valence-electron chi connectivity index (χ2n) is 6.50. The highest BCUT2D eigenvalue weighted by Crippen LogP contribution is 2.30. The lowest BCUT2D eigenvalue weighted by Crippen LogP contribution is -2.14. The molecule has 0 saturated heterocycles. The second-order valence-corrected chi connectivity index (χ2v) is 6.50. The van der Waals surface area contributed by atoms with E-state index in [9.17, 15) is 0 Å². The quantitative estimate of drug-likeness (QED) is 0.899. The average Bonchev–Trinajstić information content (AvgIpc) is 3.22. The Morgan fingerprint density at radius 3 is 2.62 bits per heavy atom. The van der Waals surface area contributed by atoms with Crippen LogP contribution in [-0.2, 0) is 5.41 Å². The van der Waals surface area contributed by atoms with Crippen molar-refractivity contribution in [2.24, 2.45) is 0 Å². The van der Waals surface area contributed by atoms with Crippen LogP contribution in [0.25, 0.3) is 0 Å². The van der Waals surface area contributed by atoms with Crippen LogP contribution in [0, 0.1) is 0 Å². The zero-order valence-corrected chi connectivity index (χ0v) is 12.7. The smallest absolute Gasteiger partial charge is 0.249 e. The minimum atomic E-state index is 0.0564. The van der Waals surface area contributed by atoms with E-state index in [4.69, 9.17) is 0 Å². The number of hydrogen-bond donors (Lipinski definition) is 2. The number of para-hydroxylation sites is 1. The van der Waals surface area contributed by atoms with Crippen LogP contribution in [0.4, 0.5) is 17.5 Å². The van der Waals surface area contributed by atoms with Gasteiger partial charge in [-0.2, -0.15) is 10.1 Å². The lowest BCUT2D eigenvalue weighted by Gasteiger charge is -2.22. The number of hydrogen-bond acceptors (Lipinski definition) is 5. The van der Waals surface area contributed by atoms with Crippen molar-refractivity contribution in [1.82, 2.24) is 15.2 Å². The van der Waals surface area contributed by atoms with Crippen molar-refractivity contribution < 1.29 is 0 Å². The predicted molar refractivity (Wildman–Crippen MR) is 84.9 cm³/mol. The molecule has 1 heterocycles. The molecule has 0 aliphatic heterocycles. The third kappa shape index (κ3) is 3.48. The monoisotopic (exact) mass is 283 g/mol. The molecule has 0 spiro atoms. The zero-order valence-electron chi connectivity index (χ0n) is 12.7. The minimum Gasteiger partial charge on any atom is -0.366 e. The number of aromatic nitrogens is 3. The van der Waals surface area contributed by atoms with Gasteiger partial charge in [-0.05, 0) is 29.9 Å². The van der Waals surface area contributed by atoms with Gasteiger partial charge in [-0.15, -0.1) is 5.10 Å². The Morgan fingerprint density at radius 1 is 1.14 bits per heavy atom. The molecule has 5 nitrogen and oxygen atoms in total. The fourth-order valence-electron chi connectivity index (χ4n) is 2.23. The summed E-state index contributed by atoms with van der Waals surface area (Å²) in [6.07, 6.45) is 4.08. The summed E-state index contributed by atoms with van der Waals surface area (Å²) in [5.74, 6) is 1.31. The first-order chi connectivity index (χ1) is 10.0. The summed E-state index contributed by atoms with van der Waals surface area (Å²) in [4.78, 5) is 4.48. The molecule has 1 aliphatic carbocycles. The summed E-state index contributed by atoms with van der Waals surface area (Å²) in [6.45, 7) is 6.58. The summed E-state index contributed by atoms with van der Waals surface area (Å²) in [5.41, 5.74) is 2.31. The molecule has 0 bridgehead atoms. The molecule has 0 unspecified atom stereocenters. The Hall–Kier alpha value is -2.17. The molecule has 0 amide bonds. The van der Waals surface area contributed by atoms with Gasteiger partial charge < -0.3 is 10.6 Å². The molecule has 1 saturated carbocycles. The molecular weight excluding hydrogens is 262 g/mol. The lowest BCUT2D eigenvalue weighted by molar-refractivity contribution is 0.592. The van der Waals surface area contributed by atoms with Crippen molar-refractivity contribution in [2.45, 2.75) is 45.1 Å². The third-order valence-corrected chi connectivity index (χ3v) is 3.47. The molecule has 1 fully saturated rings. The van der Waals surface area contributed by atoms with Crippen LogP contribution in [0.15, 0.2) is 30.5 Å². The van der Waals surface area contributed by atoms with Crippen LogP contribution in [0.5, 0.6) is 0 Å². The van der Waals surface area contributed by atoms with E-state index >= 15 is 0 Å². The van der Waals surface area contributed by atoms with Gasteiger partial charge in [-0.1, -0.05) is 39.0 Å². The molecular formula is C16H21N5. The summed E-state index contributed by atoms with van der Waals surface area (Å²) in [6, 6.07) is 8.79. The van der Waals surface area contributed by atoms with Gasteiger partial charge in [0.25, 0.3) is 0 Å². The highest BCUT2D eigenvalue weighted by atomic mass is 15.3. The van der Waals surface area contributed by atoms with E-state index in [0.29, 0.717) is 12.0 Å². The van der Waals surface area contributed by atoms with Gasteiger partial charge in [0.15, 0.2) is 5.82 Å². The average molecular weight is 283 g/mol. The molecule has 0 atom stereocenters. The van der Waals surface area contributed by atoms with Crippen molar-refractivity contribution in [3.63, 3.8) is 0 Å². The SMILES string of the molecule is CC(C)(C)c1ccccc1Nc1nncc(NC2CC2)n1. The molecule has 2 N–H and O–H groups in total. The Labute approximate surface area is 125 Å². The minimum absolute atomic E-state index is 0.0564. The van der Waals surface area contributed by atoms with E-state index in [1.807, 2.05) is 12.1 Å². The standard InChI is InChI=1S/C16H21N5/c1-16(2,3)12-6-4-5-7-13(12)19-15-20-14(10-17-21-15)18-11-8-9-11/h4-7,10-11H,8-9H2,1-3H3,(H2,18,19,20,21). The van der Waals surface area contributed by atoms with Gasteiger partial charge in [0.1, 0.15) is 0 Å². The molecule has 3 rings (SSSR count). The molecule has 0 radical (unpaired) electrons. The fraction of sp³-hybridized carbons (Fsp3) is 0.438. The van der Waals surface area contributed by atoms with Gasteiger partial charge in [0, 0.05) is 11.7 Å². The van der Waals surface area contributed by atoms with Crippen LogP contribution in [0.1, 0.15) is 39.2 Å². The van der Waals surface area contributed by atoms with Gasteiger partial charge in [-0.3, -0.25) is 0 Å². The maximum Gasteiger partial charge on any atom is 0.249 e. The van der Waals surface area contributed by atoms with Crippen molar-refractivity contribution >= 4 is 17.5 Å². The number of nitrogens with one attached hydrogen (secondary N) is 2. The van der Waals surface area contributed by atoms with Gasteiger partial charge in [0.05, 0.1) is 6.20 Å². The van der Waals surface area contributed by atoms with Crippen LogP contribution >= 0.6 is 0 Å². The van der Waals surface area contributed by atoms with Crippen molar-refractivity contribution in [3.05, 3.63) is 36.0 Å². The summed E-state index contributed by atoms with van der Waals surface area (Å²) in [5, 5.41) is 14.7. The van der Waals surface area contributed by atoms with E-state index in [2.05, 4.69) is 58.7 Å². The summed E-state index contributed by atoms with van der Waals surface area (Å²) >= 11 is 0. The maximum atomic E-state index is 4.48. The van der Waals surface area contributed by atoms with Crippen molar-refractivity contribution in [2.75, 3.05) is 10.6 Å². The van der Waals surface area contributed by atoms with E-state index in [1.165, 1.54) is 18.4 Å². The third-order valence-electron chi connectivity index (χ3n) is 3.47. The highest BCUT2D eigenvalue weighted by molar-refractivity contribution is 5.61. The second kappa shape index (κ2) is 5.31. The van der Waals surface area contributed by atoms with Gasteiger partial charge >= 0.3 is 0 Å². The van der Waals surface area contributed by atoms with Crippen LogP contribution in [0.2, 0.25) is 0 Å². The van der Waals surface area contributed by atoms with E-state index in [-0.39, 0.29) is 5.41 Å². The van der Waals surface area contributed by atoms with E-state index in [0.717, 1.165) is 11.5 Å². The number of rotatable bonds is 4. The van der Waals surface area contributed by atoms with Crippen LogP contribution < -0.4 is 10.6 Å². The van der Waals surface area contributed by atoms with Crippen LogP contribution in [-0.4, -0.2) is 21.2 Å². The number of nitrogens with zero attached hydrogens (tertiary/aromatic N) is 3. The molecule has 1 aromatic heterocycles. The van der Waals surface area contributed by atoms with Crippen molar-refractivity contribution in [1.29, 1.82) is 0 Å². The Kier molecular flexibility index (Phi) is 3.49. The predicted octanol–water partition coefficient (Wildman–Crippen LogP) is 3.49. The molecule has 21 heavy (non-hydrogen) atoms. The van der Waals surface area contributed by atoms with Crippen molar-refractivity contribution in [3.8, 4) is 0 Å². The highest BCUT2D eigenvalue weighted by Gasteiger charge is 2.22. The Morgan fingerprint density at radius 2 is 1.90 bits per heavy atom. The molecule has 110 valence electrons. The normalized spacial score (nSPS) is 14.8. The molecule has 1 aliphatic rings. The maximum absolute atomic E-state index is 4.48. The summed E-state index contributed by atoms with van der Waals surface area (Å²) < 4.78 is 0. The first kappa shape index (κ1) is 13.8. The Bertz CT molecular complexity index is 629. The molecule has 2 aromatic rings. The zero-order chi connectivity index (χ0) is 14.9. The number of anilines is 3. The first-order valence-electron chi connectivity index (χ1n) is 7.35. The lowest BCUT2D eigenvalue weighted by atomic mass is 9.86. The van der Waals surface area contributed by atoms with Crippen LogP contribution in [0.3, 0.4) is 0 Å². The molecule has 1 aromatic carbocycles. The van der Waals surface area contributed by atoms with Gasteiger partial charge in [-0.25, -0.2) is 0 Å². The summed E-state index contributed by atoms with van der Waals surface area (Å²) in [7, 11) is 0. The van der Waals surface area contributed by atoms with E-state index in [1.54, 1.807) is 6.20 Å². The first-order valence-corrected chi connectivity index (χ1v) is 7.35. The Balaban J connectivity index is 1.83. The topological polar surface area (TPSA) is 62.7 Å². The number of benzene rings is 1. The largest absolute Gasteiger partial charge is 0.366 e. The molecule has 5 heteroatoms. The van der Waals surface area contributed by atoms with Gasteiger partial charge in [0.2, 0.25) is 5.95 Å².